The van der Waals surface area contributed by atoms with Crippen LogP contribution in [0.5, 0.6) is 0 Å². The minimum atomic E-state index is 0.0286. The Labute approximate surface area is 240 Å². The fourth-order valence-corrected chi connectivity index (χ4v) is 5.40. The van der Waals surface area contributed by atoms with Crippen molar-refractivity contribution in [1.82, 2.24) is 5.32 Å². The smallest absolute Gasteiger partial charge is 0.305 e. The van der Waals surface area contributed by atoms with E-state index in [1.165, 1.54) is 154 Å². The number of hydrogen-bond donors (Lipinski definition) is 1. The molecule has 0 saturated heterocycles. The predicted octanol–water partition coefficient (Wildman–Crippen LogP) is 11.3. The Morgan fingerprint density at radius 3 is 1.32 bits per heavy atom. The molecule has 3 heteroatoms. The molecule has 0 saturated carbocycles. The van der Waals surface area contributed by atoms with E-state index in [2.05, 4.69) is 26.1 Å². The summed E-state index contributed by atoms with van der Waals surface area (Å²) in [4.78, 5) is 12.3. The molecule has 0 aromatic carbocycles. The van der Waals surface area contributed by atoms with Gasteiger partial charge in [0.05, 0.1) is 6.61 Å². The molecule has 0 aromatic rings. The maximum atomic E-state index is 12.3. The van der Waals surface area contributed by atoms with Gasteiger partial charge in [0, 0.05) is 6.42 Å². The van der Waals surface area contributed by atoms with Crippen LogP contribution in [0.15, 0.2) is 0 Å². The average molecular weight is 538 g/mol. The summed E-state index contributed by atoms with van der Waals surface area (Å²) in [5.41, 5.74) is 0. The number of nitrogens with one attached hydrogen (secondary N) is 1. The Kier molecular flexibility index (Phi) is 32.2. The number of hydrogen-bond acceptors (Lipinski definition) is 3. The quantitative estimate of drug-likeness (QED) is 0.0685. The van der Waals surface area contributed by atoms with Crippen LogP contribution < -0.4 is 5.32 Å². The van der Waals surface area contributed by atoms with Crippen molar-refractivity contribution in [2.45, 2.75) is 194 Å². The molecular weight excluding hydrogens is 466 g/mol. The third kappa shape index (κ3) is 30.0. The van der Waals surface area contributed by atoms with Gasteiger partial charge < -0.3 is 10.1 Å². The molecule has 0 bridgehead atoms. The Morgan fingerprint density at radius 1 is 0.500 bits per heavy atom. The third-order valence-corrected chi connectivity index (χ3v) is 8.10. The van der Waals surface area contributed by atoms with Crippen LogP contribution in [0.2, 0.25) is 0 Å². The predicted molar refractivity (Wildman–Crippen MR) is 169 cm³/mol. The van der Waals surface area contributed by atoms with Gasteiger partial charge in [0.2, 0.25) is 0 Å². The summed E-state index contributed by atoms with van der Waals surface area (Å²) in [6.45, 7) is 9.73. The van der Waals surface area contributed by atoms with Crippen molar-refractivity contribution in [2.24, 2.45) is 5.92 Å². The maximum Gasteiger partial charge on any atom is 0.305 e. The summed E-state index contributed by atoms with van der Waals surface area (Å²) in [5.74, 6) is 0.600. The van der Waals surface area contributed by atoms with Crippen LogP contribution in [0.3, 0.4) is 0 Å². The van der Waals surface area contributed by atoms with Crippen LogP contribution in [-0.4, -0.2) is 25.7 Å². The first-order valence-electron chi connectivity index (χ1n) is 17.6. The van der Waals surface area contributed by atoms with Crippen LogP contribution in [0.1, 0.15) is 194 Å². The molecule has 0 spiro atoms. The van der Waals surface area contributed by atoms with E-state index < -0.39 is 0 Å². The first-order chi connectivity index (χ1) is 18.7. The second kappa shape index (κ2) is 32.6. The maximum absolute atomic E-state index is 12.3. The van der Waals surface area contributed by atoms with E-state index in [0.29, 0.717) is 18.9 Å². The highest BCUT2D eigenvalue weighted by Crippen LogP contribution is 2.20. The zero-order valence-electron chi connectivity index (χ0n) is 26.6. The van der Waals surface area contributed by atoms with Crippen LogP contribution in [-0.2, 0) is 9.53 Å². The second-order valence-electron chi connectivity index (χ2n) is 12.1. The minimum Gasteiger partial charge on any atom is -0.465 e. The Balaban J connectivity index is 3.62. The molecule has 0 atom stereocenters. The van der Waals surface area contributed by atoms with Gasteiger partial charge in [-0.2, -0.15) is 0 Å². The molecule has 0 rings (SSSR count). The second-order valence-corrected chi connectivity index (χ2v) is 12.1. The van der Waals surface area contributed by atoms with Crippen LogP contribution in [0, 0.1) is 5.92 Å². The molecule has 3 nitrogen and oxygen atoms in total. The van der Waals surface area contributed by atoms with Gasteiger partial charge in [-0.1, -0.05) is 156 Å². The average Bonchev–Trinajstić information content (AvgIpc) is 2.92. The minimum absolute atomic E-state index is 0.0286. The summed E-state index contributed by atoms with van der Waals surface area (Å²) < 4.78 is 5.73. The molecule has 0 unspecified atom stereocenters. The van der Waals surface area contributed by atoms with Crippen molar-refractivity contribution >= 4 is 5.97 Å². The zero-order chi connectivity index (χ0) is 27.8. The summed E-state index contributed by atoms with van der Waals surface area (Å²) in [6.07, 6.45) is 35.0. The van der Waals surface area contributed by atoms with E-state index in [9.17, 15) is 4.79 Å². The van der Waals surface area contributed by atoms with Crippen LogP contribution in [0.25, 0.3) is 0 Å². The van der Waals surface area contributed by atoms with Gasteiger partial charge in [0.1, 0.15) is 0 Å². The number of ether oxygens (including phenoxy) is 1. The highest BCUT2D eigenvalue weighted by Gasteiger charge is 2.12. The number of carbonyl (C=O) groups is 1. The fourth-order valence-electron chi connectivity index (χ4n) is 5.40. The number of esters is 1. The highest BCUT2D eigenvalue weighted by atomic mass is 16.5. The van der Waals surface area contributed by atoms with Gasteiger partial charge in [0.25, 0.3) is 0 Å². The summed E-state index contributed by atoms with van der Waals surface area (Å²) >= 11 is 0. The van der Waals surface area contributed by atoms with Gasteiger partial charge in [0.15, 0.2) is 0 Å². The van der Waals surface area contributed by atoms with Gasteiger partial charge in [-0.15, -0.1) is 0 Å². The van der Waals surface area contributed by atoms with Crippen LogP contribution >= 0.6 is 0 Å². The molecule has 0 fully saturated rings. The standard InChI is InChI=1S/C35H71NO2/c1-4-7-10-13-14-15-16-17-18-21-26-31-36-32-27-22-25-30-35(37)38-33-34(28-23-19-11-8-5-2)29-24-20-12-9-6-3/h34,36H,4-33H2,1-3H3. The van der Waals surface area contributed by atoms with Gasteiger partial charge in [-0.25, -0.2) is 0 Å². The third-order valence-electron chi connectivity index (χ3n) is 8.10. The van der Waals surface area contributed by atoms with Gasteiger partial charge in [-0.05, 0) is 51.1 Å². The fraction of sp³-hybridized carbons (Fsp3) is 0.971. The summed E-state index contributed by atoms with van der Waals surface area (Å²) in [6, 6.07) is 0. The number of unbranched alkanes of at least 4 members (excludes halogenated alkanes) is 20. The first-order valence-corrected chi connectivity index (χ1v) is 17.6. The van der Waals surface area contributed by atoms with E-state index in [-0.39, 0.29) is 5.97 Å². The van der Waals surface area contributed by atoms with Crippen molar-refractivity contribution in [3.8, 4) is 0 Å². The van der Waals surface area contributed by atoms with Crippen LogP contribution in [0.4, 0.5) is 0 Å². The van der Waals surface area contributed by atoms with Crippen molar-refractivity contribution < 1.29 is 9.53 Å². The van der Waals surface area contributed by atoms with Crippen molar-refractivity contribution in [2.75, 3.05) is 19.7 Å². The Bertz CT molecular complexity index is 439. The molecule has 38 heavy (non-hydrogen) atoms. The lowest BCUT2D eigenvalue weighted by Gasteiger charge is -2.17. The topological polar surface area (TPSA) is 38.3 Å². The monoisotopic (exact) mass is 538 g/mol. The van der Waals surface area contributed by atoms with E-state index >= 15 is 0 Å². The lowest BCUT2D eigenvalue weighted by atomic mass is 9.95. The molecule has 0 radical (unpaired) electrons. The molecule has 0 heterocycles. The molecule has 0 aliphatic heterocycles. The first kappa shape index (κ1) is 37.4. The summed E-state index contributed by atoms with van der Waals surface area (Å²) in [7, 11) is 0. The largest absolute Gasteiger partial charge is 0.465 e. The SMILES string of the molecule is CCCCCCCCCCCCCNCCCCCC(=O)OCC(CCCCCCC)CCCCCCC. The summed E-state index contributed by atoms with van der Waals surface area (Å²) in [5, 5.41) is 3.59. The Morgan fingerprint density at radius 2 is 0.868 bits per heavy atom. The highest BCUT2D eigenvalue weighted by molar-refractivity contribution is 5.69. The van der Waals surface area contributed by atoms with Crippen molar-refractivity contribution in [3.63, 3.8) is 0 Å². The molecule has 0 aromatic heterocycles. The van der Waals surface area contributed by atoms with E-state index in [4.69, 9.17) is 4.74 Å². The lowest BCUT2D eigenvalue weighted by molar-refractivity contribution is -0.145. The number of rotatable bonds is 32. The molecule has 1 N–H and O–H groups in total. The van der Waals surface area contributed by atoms with Gasteiger partial charge in [-0.3, -0.25) is 4.79 Å². The van der Waals surface area contributed by atoms with Crippen molar-refractivity contribution in [1.29, 1.82) is 0 Å². The molecule has 0 aliphatic carbocycles. The Hall–Kier alpha value is -0.570. The molecule has 0 amide bonds. The lowest BCUT2D eigenvalue weighted by Crippen LogP contribution is -2.17. The zero-order valence-corrected chi connectivity index (χ0v) is 26.6. The van der Waals surface area contributed by atoms with Gasteiger partial charge >= 0.3 is 5.97 Å². The van der Waals surface area contributed by atoms with E-state index in [0.717, 1.165) is 25.9 Å². The normalized spacial score (nSPS) is 11.5. The molecular formula is C35H71NO2. The molecule has 0 aliphatic rings. The van der Waals surface area contributed by atoms with Crippen molar-refractivity contribution in [3.05, 3.63) is 0 Å². The molecule has 228 valence electrons. The number of carbonyl (C=O) groups excluding carboxylic acids is 1. The van der Waals surface area contributed by atoms with E-state index in [1.54, 1.807) is 0 Å². The van der Waals surface area contributed by atoms with E-state index in [1.807, 2.05) is 0 Å².